The van der Waals surface area contributed by atoms with E-state index in [1.165, 1.54) is 11.4 Å². The van der Waals surface area contributed by atoms with Crippen LogP contribution in [0.4, 0.5) is 0 Å². The first-order chi connectivity index (χ1) is 7.71. The normalized spacial score (nSPS) is 13.7. The van der Waals surface area contributed by atoms with E-state index in [-0.39, 0.29) is 16.2 Å². The van der Waals surface area contributed by atoms with Gasteiger partial charge in [-0.25, -0.2) is 13.6 Å². The minimum atomic E-state index is -3.72. The van der Waals surface area contributed by atoms with Gasteiger partial charge in [-0.1, -0.05) is 13.8 Å². The summed E-state index contributed by atoms with van der Waals surface area (Å²) in [5.41, 5.74) is 0.325. The lowest BCUT2D eigenvalue weighted by Gasteiger charge is -2.16. The van der Waals surface area contributed by atoms with E-state index in [2.05, 4.69) is 5.32 Å². The van der Waals surface area contributed by atoms with Crippen molar-refractivity contribution in [3.05, 3.63) is 17.0 Å². The Balaban J connectivity index is 2.81. The number of primary sulfonamides is 1. The third-order valence-corrected chi connectivity index (χ3v) is 4.86. The molecule has 0 fully saturated rings. The van der Waals surface area contributed by atoms with Gasteiger partial charge in [0.05, 0.1) is 5.56 Å². The van der Waals surface area contributed by atoms with Crippen molar-refractivity contribution in [2.24, 2.45) is 11.1 Å². The van der Waals surface area contributed by atoms with Crippen LogP contribution in [-0.4, -0.2) is 20.4 Å². The summed E-state index contributed by atoms with van der Waals surface area (Å²) >= 11 is 0.947. The van der Waals surface area contributed by atoms with Crippen LogP contribution in [0.25, 0.3) is 0 Å². The average Bonchev–Trinajstić information content (AvgIpc) is 2.65. The number of thiophene rings is 1. The van der Waals surface area contributed by atoms with Crippen LogP contribution in [-0.2, 0) is 10.0 Å². The highest BCUT2D eigenvalue weighted by molar-refractivity contribution is 7.91. The Morgan fingerprint density at radius 1 is 1.41 bits per heavy atom. The number of carbonyl (C=O) groups excluding carboxylic acids is 1. The zero-order valence-electron chi connectivity index (χ0n) is 9.93. The fourth-order valence-corrected chi connectivity index (χ4v) is 2.63. The van der Waals surface area contributed by atoms with Crippen LogP contribution in [0.1, 0.15) is 31.1 Å². The molecule has 0 aliphatic heterocycles. The summed E-state index contributed by atoms with van der Waals surface area (Å²) in [5, 5.41) is 9.25. The molecule has 17 heavy (non-hydrogen) atoms. The zero-order chi connectivity index (χ0) is 13.2. The molecule has 0 aromatic carbocycles. The lowest BCUT2D eigenvalue weighted by molar-refractivity contribution is 0.0931. The van der Waals surface area contributed by atoms with Crippen molar-refractivity contribution >= 4 is 27.3 Å². The second kappa shape index (κ2) is 5.16. The van der Waals surface area contributed by atoms with Gasteiger partial charge in [-0.2, -0.15) is 0 Å². The maximum Gasteiger partial charge on any atom is 0.252 e. The molecule has 0 aliphatic carbocycles. The number of nitrogens with one attached hydrogen (secondary N) is 1. The molecule has 1 atom stereocenters. The molecule has 96 valence electrons. The fraction of sp³-hybridized carbons (Fsp3) is 0.500. The van der Waals surface area contributed by atoms with Crippen LogP contribution < -0.4 is 10.5 Å². The average molecular weight is 276 g/mol. The van der Waals surface area contributed by atoms with Crippen LogP contribution in [0.3, 0.4) is 0 Å². The molecular weight excluding hydrogens is 260 g/mol. The smallest absolute Gasteiger partial charge is 0.252 e. The van der Waals surface area contributed by atoms with Gasteiger partial charge in [0.15, 0.2) is 0 Å². The largest absolute Gasteiger partial charge is 0.349 e. The quantitative estimate of drug-likeness (QED) is 0.865. The Labute approximate surface area is 105 Å². The topological polar surface area (TPSA) is 89.3 Å². The molecule has 0 radical (unpaired) electrons. The molecule has 0 spiro atoms. The lowest BCUT2D eigenvalue weighted by Crippen LogP contribution is -2.35. The first-order valence-corrected chi connectivity index (χ1v) is 7.56. The van der Waals surface area contributed by atoms with E-state index in [1.54, 1.807) is 0 Å². The molecule has 1 aromatic heterocycles. The molecule has 0 saturated carbocycles. The Morgan fingerprint density at radius 3 is 2.41 bits per heavy atom. The summed E-state index contributed by atoms with van der Waals surface area (Å²) in [6.45, 7) is 5.89. The van der Waals surface area contributed by atoms with Gasteiger partial charge in [0, 0.05) is 11.4 Å². The van der Waals surface area contributed by atoms with Gasteiger partial charge in [0.2, 0.25) is 10.0 Å². The maximum absolute atomic E-state index is 11.8. The molecular formula is C10H16N2O3S2. The summed E-state index contributed by atoms with van der Waals surface area (Å²) in [5.74, 6) is 0.0349. The predicted octanol–water partition coefficient (Wildman–Crippen LogP) is 1.17. The molecule has 7 heteroatoms. The third-order valence-electron chi connectivity index (χ3n) is 2.48. The molecule has 0 aliphatic rings. The van der Waals surface area contributed by atoms with E-state index in [9.17, 15) is 13.2 Å². The summed E-state index contributed by atoms with van der Waals surface area (Å²) < 4.78 is 22.1. The van der Waals surface area contributed by atoms with Crippen molar-refractivity contribution in [1.29, 1.82) is 0 Å². The van der Waals surface area contributed by atoms with E-state index in [0.29, 0.717) is 11.5 Å². The molecule has 1 rings (SSSR count). The zero-order valence-corrected chi connectivity index (χ0v) is 11.6. The predicted molar refractivity (Wildman–Crippen MR) is 67.5 cm³/mol. The van der Waals surface area contributed by atoms with E-state index < -0.39 is 10.0 Å². The summed E-state index contributed by atoms with van der Waals surface area (Å²) in [6, 6.07) is 1.32. The van der Waals surface area contributed by atoms with Gasteiger partial charge in [0.25, 0.3) is 5.91 Å². The van der Waals surface area contributed by atoms with Gasteiger partial charge >= 0.3 is 0 Å². The van der Waals surface area contributed by atoms with Gasteiger partial charge in [-0.3, -0.25) is 4.79 Å². The van der Waals surface area contributed by atoms with Gasteiger partial charge < -0.3 is 5.32 Å². The number of sulfonamides is 1. The summed E-state index contributed by atoms with van der Waals surface area (Å²) in [7, 11) is -3.72. The minimum absolute atomic E-state index is 0.000139. The van der Waals surface area contributed by atoms with Crippen molar-refractivity contribution in [2.45, 2.75) is 31.0 Å². The Morgan fingerprint density at radius 2 is 2.00 bits per heavy atom. The van der Waals surface area contributed by atoms with Crippen LogP contribution in [0.5, 0.6) is 0 Å². The van der Waals surface area contributed by atoms with E-state index in [4.69, 9.17) is 5.14 Å². The van der Waals surface area contributed by atoms with Crippen LogP contribution in [0.2, 0.25) is 0 Å². The van der Waals surface area contributed by atoms with Crippen molar-refractivity contribution in [3.63, 3.8) is 0 Å². The summed E-state index contributed by atoms with van der Waals surface area (Å²) in [4.78, 5) is 11.8. The fourth-order valence-electron chi connectivity index (χ4n) is 1.04. The highest BCUT2D eigenvalue weighted by Crippen LogP contribution is 2.18. The highest BCUT2D eigenvalue weighted by atomic mass is 32.2. The molecule has 1 heterocycles. The Hall–Kier alpha value is -0.920. The number of nitrogens with two attached hydrogens (primary N) is 1. The second-order valence-corrected chi connectivity index (χ2v) is 6.91. The second-order valence-electron chi connectivity index (χ2n) is 4.21. The number of rotatable bonds is 4. The maximum atomic E-state index is 11.8. The summed E-state index contributed by atoms with van der Waals surface area (Å²) in [6.07, 6.45) is 0. The third kappa shape index (κ3) is 3.79. The SMILES string of the molecule is CC(C)C(C)NC(=O)c1csc(S(N)(=O)=O)c1. The van der Waals surface area contributed by atoms with Crippen molar-refractivity contribution < 1.29 is 13.2 Å². The minimum Gasteiger partial charge on any atom is -0.349 e. The number of carbonyl (C=O) groups is 1. The van der Waals surface area contributed by atoms with Crippen LogP contribution >= 0.6 is 11.3 Å². The van der Waals surface area contributed by atoms with E-state index in [0.717, 1.165) is 11.3 Å². The standard InChI is InChI=1S/C10H16N2O3S2/c1-6(2)7(3)12-10(13)8-4-9(16-5-8)17(11,14)15/h4-7H,1-3H3,(H,12,13)(H2,11,14,15). The molecule has 5 nitrogen and oxygen atoms in total. The molecule has 3 N–H and O–H groups in total. The Kier molecular flexibility index (Phi) is 4.29. The van der Waals surface area contributed by atoms with Crippen molar-refractivity contribution in [1.82, 2.24) is 5.32 Å². The van der Waals surface area contributed by atoms with Crippen LogP contribution in [0, 0.1) is 5.92 Å². The first-order valence-electron chi connectivity index (χ1n) is 5.14. The van der Waals surface area contributed by atoms with Crippen molar-refractivity contribution in [3.8, 4) is 0 Å². The monoisotopic (exact) mass is 276 g/mol. The van der Waals surface area contributed by atoms with Gasteiger partial charge in [0.1, 0.15) is 4.21 Å². The van der Waals surface area contributed by atoms with Gasteiger partial charge in [-0.15, -0.1) is 11.3 Å². The highest BCUT2D eigenvalue weighted by Gasteiger charge is 2.17. The number of amides is 1. The number of hydrogen-bond acceptors (Lipinski definition) is 4. The number of hydrogen-bond donors (Lipinski definition) is 2. The Bertz CT molecular complexity index is 505. The molecule has 1 amide bonds. The lowest BCUT2D eigenvalue weighted by atomic mass is 10.1. The van der Waals surface area contributed by atoms with E-state index in [1.807, 2.05) is 20.8 Å². The van der Waals surface area contributed by atoms with Crippen molar-refractivity contribution in [2.75, 3.05) is 0 Å². The molecule has 1 unspecified atom stereocenters. The first kappa shape index (κ1) is 14.1. The molecule has 1 aromatic rings. The van der Waals surface area contributed by atoms with Crippen LogP contribution in [0.15, 0.2) is 15.7 Å². The van der Waals surface area contributed by atoms with Gasteiger partial charge in [-0.05, 0) is 18.9 Å². The molecule has 0 saturated heterocycles. The molecule has 0 bridgehead atoms. The van der Waals surface area contributed by atoms with E-state index >= 15 is 0 Å².